The van der Waals surface area contributed by atoms with Gasteiger partial charge in [0.15, 0.2) is 0 Å². The molecule has 2 aliphatic heterocycles. The van der Waals surface area contributed by atoms with E-state index in [0.717, 1.165) is 25.1 Å². The molecule has 2 unspecified atom stereocenters. The van der Waals surface area contributed by atoms with Gasteiger partial charge < -0.3 is 10.1 Å². The van der Waals surface area contributed by atoms with Gasteiger partial charge in [0.1, 0.15) is 0 Å². The summed E-state index contributed by atoms with van der Waals surface area (Å²) in [5, 5.41) is 3.60. The van der Waals surface area contributed by atoms with Crippen molar-refractivity contribution in [2.75, 3.05) is 32.8 Å². The van der Waals surface area contributed by atoms with Gasteiger partial charge in [0.2, 0.25) is 0 Å². The molecule has 18 heavy (non-hydrogen) atoms. The van der Waals surface area contributed by atoms with E-state index in [2.05, 4.69) is 10.2 Å². The lowest BCUT2D eigenvalue weighted by atomic mass is 9.82. The highest BCUT2D eigenvalue weighted by Gasteiger charge is 2.32. The second-order valence-electron chi connectivity index (χ2n) is 6.30. The molecule has 0 aromatic carbocycles. The molecular weight excluding hydrogens is 224 g/mol. The van der Waals surface area contributed by atoms with Gasteiger partial charge in [-0.05, 0) is 31.6 Å². The van der Waals surface area contributed by atoms with Crippen LogP contribution in [0.15, 0.2) is 0 Å². The number of nitrogens with zero attached hydrogens (tertiary/aromatic N) is 1. The summed E-state index contributed by atoms with van der Waals surface area (Å²) in [6, 6.07) is 0.781. The van der Waals surface area contributed by atoms with Crippen molar-refractivity contribution in [2.24, 2.45) is 5.92 Å². The molecule has 0 spiro atoms. The number of hydrogen-bond acceptors (Lipinski definition) is 3. The first-order valence-corrected chi connectivity index (χ1v) is 8.00. The van der Waals surface area contributed by atoms with E-state index in [1.54, 1.807) is 0 Å². The lowest BCUT2D eigenvalue weighted by Crippen LogP contribution is -2.56. The van der Waals surface area contributed by atoms with Gasteiger partial charge in [0.05, 0.1) is 6.10 Å². The second-order valence-corrected chi connectivity index (χ2v) is 6.30. The highest BCUT2D eigenvalue weighted by molar-refractivity contribution is 4.88. The number of nitrogens with one attached hydrogen (secondary N) is 1. The molecule has 1 N–H and O–H groups in total. The molecule has 3 nitrogen and oxygen atoms in total. The Morgan fingerprint density at radius 3 is 2.72 bits per heavy atom. The molecule has 0 amide bonds. The van der Waals surface area contributed by atoms with Gasteiger partial charge in [-0.1, -0.05) is 19.3 Å². The quantitative estimate of drug-likeness (QED) is 0.831. The van der Waals surface area contributed by atoms with E-state index in [0.29, 0.717) is 6.10 Å². The van der Waals surface area contributed by atoms with E-state index < -0.39 is 0 Å². The van der Waals surface area contributed by atoms with Crippen molar-refractivity contribution in [1.29, 1.82) is 0 Å². The first-order chi connectivity index (χ1) is 8.93. The molecule has 3 aliphatic rings. The van der Waals surface area contributed by atoms with Crippen molar-refractivity contribution in [3.8, 4) is 0 Å². The zero-order valence-corrected chi connectivity index (χ0v) is 11.6. The van der Waals surface area contributed by atoms with Crippen molar-refractivity contribution < 1.29 is 4.74 Å². The molecule has 3 heteroatoms. The lowest BCUT2D eigenvalue weighted by molar-refractivity contribution is 0.0267. The summed E-state index contributed by atoms with van der Waals surface area (Å²) < 4.78 is 5.83. The van der Waals surface area contributed by atoms with Crippen LogP contribution in [0.1, 0.15) is 44.9 Å². The Labute approximate surface area is 111 Å². The molecule has 0 aromatic rings. The fraction of sp³-hybridized carbons (Fsp3) is 1.00. The SMILES string of the molecule is C1CCC(C2CNCCN2CC2CCCO2)CC1. The third-order valence-electron chi connectivity index (χ3n) is 5.05. The summed E-state index contributed by atoms with van der Waals surface area (Å²) in [7, 11) is 0. The molecule has 0 aromatic heterocycles. The second kappa shape index (κ2) is 6.36. The van der Waals surface area contributed by atoms with E-state index in [4.69, 9.17) is 4.74 Å². The highest BCUT2D eigenvalue weighted by atomic mass is 16.5. The Morgan fingerprint density at radius 2 is 1.94 bits per heavy atom. The van der Waals surface area contributed by atoms with Gasteiger partial charge >= 0.3 is 0 Å². The van der Waals surface area contributed by atoms with E-state index in [1.165, 1.54) is 64.6 Å². The number of piperazine rings is 1. The van der Waals surface area contributed by atoms with E-state index in [1.807, 2.05) is 0 Å². The zero-order chi connectivity index (χ0) is 12.2. The number of ether oxygens (including phenoxy) is 1. The summed E-state index contributed by atoms with van der Waals surface area (Å²) >= 11 is 0. The van der Waals surface area contributed by atoms with Crippen LogP contribution >= 0.6 is 0 Å². The monoisotopic (exact) mass is 252 g/mol. The Hall–Kier alpha value is -0.120. The van der Waals surface area contributed by atoms with Crippen LogP contribution in [-0.4, -0.2) is 49.8 Å². The number of rotatable bonds is 3. The third kappa shape index (κ3) is 3.06. The fourth-order valence-corrected chi connectivity index (χ4v) is 4.03. The molecule has 3 fully saturated rings. The van der Waals surface area contributed by atoms with E-state index in [9.17, 15) is 0 Å². The van der Waals surface area contributed by atoms with Crippen LogP contribution in [0.25, 0.3) is 0 Å². The van der Waals surface area contributed by atoms with Crippen molar-refractivity contribution in [3.63, 3.8) is 0 Å². The standard InChI is InChI=1S/C15H28N2O/c1-2-5-13(6-3-1)15-11-16-8-9-17(15)12-14-7-4-10-18-14/h13-16H,1-12H2. The maximum Gasteiger partial charge on any atom is 0.0702 e. The van der Waals surface area contributed by atoms with Crippen LogP contribution in [0, 0.1) is 5.92 Å². The summed E-state index contributed by atoms with van der Waals surface area (Å²) in [5.41, 5.74) is 0. The molecule has 0 radical (unpaired) electrons. The van der Waals surface area contributed by atoms with E-state index >= 15 is 0 Å². The fourth-order valence-electron chi connectivity index (χ4n) is 4.03. The summed E-state index contributed by atoms with van der Waals surface area (Å²) in [6.07, 6.45) is 10.3. The Balaban J connectivity index is 1.57. The molecule has 0 bridgehead atoms. The van der Waals surface area contributed by atoms with Gasteiger partial charge in [-0.15, -0.1) is 0 Å². The molecule has 2 atom stereocenters. The minimum Gasteiger partial charge on any atom is -0.377 e. The first-order valence-electron chi connectivity index (χ1n) is 8.00. The summed E-state index contributed by atoms with van der Waals surface area (Å²) in [5.74, 6) is 0.938. The lowest BCUT2D eigenvalue weighted by Gasteiger charge is -2.43. The van der Waals surface area contributed by atoms with Gasteiger partial charge in [-0.3, -0.25) is 4.90 Å². The Kier molecular flexibility index (Phi) is 4.55. The molecule has 104 valence electrons. The molecular formula is C15H28N2O. The molecule has 2 heterocycles. The maximum atomic E-state index is 5.83. The average Bonchev–Trinajstić information content (AvgIpc) is 2.93. The van der Waals surface area contributed by atoms with E-state index in [-0.39, 0.29) is 0 Å². The van der Waals surface area contributed by atoms with Crippen molar-refractivity contribution in [3.05, 3.63) is 0 Å². The van der Waals surface area contributed by atoms with Crippen LogP contribution in [-0.2, 0) is 4.74 Å². The van der Waals surface area contributed by atoms with Gasteiger partial charge in [-0.2, -0.15) is 0 Å². The van der Waals surface area contributed by atoms with Crippen LogP contribution in [0.5, 0.6) is 0 Å². The van der Waals surface area contributed by atoms with Crippen molar-refractivity contribution >= 4 is 0 Å². The van der Waals surface area contributed by atoms with Crippen LogP contribution in [0.4, 0.5) is 0 Å². The summed E-state index contributed by atoms with van der Waals surface area (Å²) in [4.78, 5) is 2.74. The smallest absolute Gasteiger partial charge is 0.0702 e. The average molecular weight is 252 g/mol. The van der Waals surface area contributed by atoms with Crippen molar-refractivity contribution in [1.82, 2.24) is 10.2 Å². The molecule has 1 saturated carbocycles. The highest BCUT2D eigenvalue weighted by Crippen LogP contribution is 2.30. The topological polar surface area (TPSA) is 24.5 Å². The molecule has 3 rings (SSSR count). The minimum absolute atomic E-state index is 0.522. The van der Waals surface area contributed by atoms with Gasteiger partial charge in [-0.25, -0.2) is 0 Å². The third-order valence-corrected chi connectivity index (χ3v) is 5.05. The Morgan fingerprint density at radius 1 is 1.06 bits per heavy atom. The predicted octanol–water partition coefficient (Wildman–Crippen LogP) is 2.02. The molecule has 1 aliphatic carbocycles. The first kappa shape index (κ1) is 12.9. The Bertz CT molecular complexity index is 247. The van der Waals surface area contributed by atoms with Crippen LogP contribution in [0.3, 0.4) is 0 Å². The van der Waals surface area contributed by atoms with Crippen LogP contribution in [0.2, 0.25) is 0 Å². The zero-order valence-electron chi connectivity index (χ0n) is 11.6. The van der Waals surface area contributed by atoms with Crippen LogP contribution < -0.4 is 5.32 Å². The van der Waals surface area contributed by atoms with Gasteiger partial charge in [0, 0.05) is 38.8 Å². The summed E-state index contributed by atoms with van der Waals surface area (Å²) in [6.45, 7) is 5.77. The minimum atomic E-state index is 0.522. The number of hydrogen-bond donors (Lipinski definition) is 1. The molecule has 2 saturated heterocycles. The maximum absolute atomic E-state index is 5.83. The predicted molar refractivity (Wildman–Crippen MR) is 73.8 cm³/mol. The largest absolute Gasteiger partial charge is 0.377 e. The normalized spacial score (nSPS) is 36.0. The van der Waals surface area contributed by atoms with Gasteiger partial charge in [0.25, 0.3) is 0 Å². The van der Waals surface area contributed by atoms with Crippen molar-refractivity contribution in [2.45, 2.75) is 57.1 Å².